The molecule has 188 valence electrons. The predicted octanol–water partition coefficient (Wildman–Crippen LogP) is 3.23. The molecule has 2 aromatic rings. The van der Waals surface area contributed by atoms with E-state index >= 15 is 0 Å². The van der Waals surface area contributed by atoms with Gasteiger partial charge in [0.2, 0.25) is 15.9 Å². The standard InChI is InChI=1S/C24H27BrN2O7S/c1-14(28)26-7-5-16-9-17(25)11-22(24(16)26)35(30,31)27-8-6-15-10-20(32-2)21(33-3)12-18(15)19(27)13-23(29)34-4/h9-12,19H,5-8,13H2,1-4H3/t19-/m0/s1. The van der Waals surface area contributed by atoms with Crippen LogP contribution in [-0.2, 0) is 37.2 Å². The van der Waals surface area contributed by atoms with Gasteiger partial charge >= 0.3 is 5.97 Å². The van der Waals surface area contributed by atoms with Crippen LogP contribution in [0.1, 0.15) is 36.1 Å². The molecule has 2 heterocycles. The quantitative estimate of drug-likeness (QED) is 0.494. The molecule has 11 heteroatoms. The van der Waals surface area contributed by atoms with Gasteiger partial charge in [-0.15, -0.1) is 0 Å². The number of rotatable bonds is 6. The number of amides is 1. The molecule has 9 nitrogen and oxygen atoms in total. The first kappa shape index (κ1) is 25.5. The fourth-order valence-corrected chi connectivity index (χ4v) is 7.38. The maximum atomic E-state index is 14.2. The fraction of sp³-hybridized carbons (Fsp3) is 0.417. The van der Waals surface area contributed by atoms with Gasteiger partial charge in [-0.2, -0.15) is 4.31 Å². The Labute approximate surface area is 213 Å². The maximum absolute atomic E-state index is 14.2. The van der Waals surface area contributed by atoms with Crippen molar-refractivity contribution in [2.75, 3.05) is 39.3 Å². The number of halogens is 1. The van der Waals surface area contributed by atoms with Crippen LogP contribution in [0.4, 0.5) is 5.69 Å². The lowest BCUT2D eigenvalue weighted by atomic mass is 9.91. The van der Waals surface area contributed by atoms with Crippen LogP contribution < -0.4 is 14.4 Å². The summed E-state index contributed by atoms with van der Waals surface area (Å²) >= 11 is 3.43. The third-order valence-corrected chi connectivity index (χ3v) is 8.88. The van der Waals surface area contributed by atoms with E-state index in [4.69, 9.17) is 14.2 Å². The number of hydrogen-bond acceptors (Lipinski definition) is 7. The Kier molecular flexibility index (Phi) is 7.12. The van der Waals surface area contributed by atoms with Crippen LogP contribution in [0.2, 0.25) is 0 Å². The highest BCUT2D eigenvalue weighted by atomic mass is 79.9. The molecule has 0 unspecified atom stereocenters. The van der Waals surface area contributed by atoms with Gasteiger partial charge in [0.15, 0.2) is 11.5 Å². The number of fused-ring (bicyclic) bond motifs is 2. The van der Waals surface area contributed by atoms with E-state index in [0.717, 1.165) is 11.1 Å². The summed E-state index contributed by atoms with van der Waals surface area (Å²) in [6, 6.07) is 6.08. The van der Waals surface area contributed by atoms with Gasteiger partial charge in [0.05, 0.1) is 39.5 Å². The molecule has 0 saturated carbocycles. The van der Waals surface area contributed by atoms with Gasteiger partial charge < -0.3 is 19.1 Å². The topological polar surface area (TPSA) is 102 Å². The zero-order valence-corrected chi connectivity index (χ0v) is 22.4. The molecule has 4 rings (SSSR count). The van der Waals surface area contributed by atoms with Gasteiger partial charge in [-0.25, -0.2) is 8.42 Å². The molecular weight excluding hydrogens is 540 g/mol. The van der Waals surface area contributed by atoms with E-state index in [1.165, 1.54) is 43.5 Å². The number of ether oxygens (including phenoxy) is 3. The van der Waals surface area contributed by atoms with Crippen molar-refractivity contribution in [3.8, 4) is 11.5 Å². The SMILES string of the molecule is COC(=O)C[C@H]1c2cc(OC)c(OC)cc2CCN1S(=O)(=O)c1cc(Br)cc2c1N(C(C)=O)CC2. The van der Waals surface area contributed by atoms with E-state index in [1.807, 2.05) is 12.1 Å². The average molecular weight is 567 g/mol. The zero-order valence-electron chi connectivity index (χ0n) is 20.0. The van der Waals surface area contributed by atoms with E-state index in [2.05, 4.69) is 15.9 Å². The smallest absolute Gasteiger partial charge is 0.307 e. The Balaban J connectivity index is 1.88. The number of methoxy groups -OCH3 is 3. The van der Waals surface area contributed by atoms with Gasteiger partial charge in [-0.05, 0) is 53.8 Å². The summed E-state index contributed by atoms with van der Waals surface area (Å²) in [6.45, 7) is 1.98. The highest BCUT2D eigenvalue weighted by molar-refractivity contribution is 9.10. The Morgan fingerprint density at radius 1 is 1.00 bits per heavy atom. The lowest BCUT2D eigenvalue weighted by molar-refractivity contribution is -0.141. The fourth-order valence-electron chi connectivity index (χ4n) is 4.85. The van der Waals surface area contributed by atoms with Crippen molar-refractivity contribution in [3.05, 3.63) is 45.4 Å². The second-order valence-electron chi connectivity index (χ2n) is 8.40. The molecule has 0 aliphatic carbocycles. The summed E-state index contributed by atoms with van der Waals surface area (Å²) in [5.74, 6) is 0.199. The van der Waals surface area contributed by atoms with Crippen molar-refractivity contribution in [3.63, 3.8) is 0 Å². The van der Waals surface area contributed by atoms with E-state index in [1.54, 1.807) is 6.07 Å². The molecule has 35 heavy (non-hydrogen) atoms. The third-order valence-electron chi connectivity index (χ3n) is 6.50. The first-order valence-electron chi connectivity index (χ1n) is 11.1. The van der Waals surface area contributed by atoms with Crippen LogP contribution in [0.5, 0.6) is 11.5 Å². The zero-order chi connectivity index (χ0) is 25.5. The summed E-state index contributed by atoms with van der Waals surface area (Å²) < 4.78 is 46.1. The van der Waals surface area contributed by atoms with Crippen molar-refractivity contribution in [2.24, 2.45) is 0 Å². The minimum atomic E-state index is -4.13. The molecule has 2 aromatic carbocycles. The number of sulfonamides is 1. The molecular formula is C24H27BrN2O7S. The summed E-state index contributed by atoms with van der Waals surface area (Å²) in [4.78, 5) is 26.2. The van der Waals surface area contributed by atoms with Crippen LogP contribution in [0.25, 0.3) is 0 Å². The van der Waals surface area contributed by atoms with Gasteiger partial charge in [-0.1, -0.05) is 15.9 Å². The van der Waals surface area contributed by atoms with Crippen LogP contribution >= 0.6 is 15.9 Å². The van der Waals surface area contributed by atoms with E-state index in [-0.39, 0.29) is 23.8 Å². The minimum absolute atomic E-state index is 0.0355. The lowest BCUT2D eigenvalue weighted by Gasteiger charge is -2.37. The van der Waals surface area contributed by atoms with Crippen LogP contribution in [-0.4, -0.2) is 59.0 Å². The first-order valence-corrected chi connectivity index (χ1v) is 13.3. The Morgan fingerprint density at radius 3 is 2.29 bits per heavy atom. The van der Waals surface area contributed by atoms with Crippen molar-refractivity contribution in [1.29, 1.82) is 0 Å². The molecule has 2 aliphatic heterocycles. The summed E-state index contributed by atoms with van der Waals surface area (Å²) in [6.07, 6.45) is 0.798. The van der Waals surface area contributed by atoms with Gasteiger partial charge in [0.25, 0.3) is 0 Å². The second-order valence-corrected chi connectivity index (χ2v) is 11.2. The first-order chi connectivity index (χ1) is 16.6. The Bertz CT molecular complexity index is 1300. The van der Waals surface area contributed by atoms with Crippen molar-refractivity contribution in [2.45, 2.75) is 37.1 Å². The monoisotopic (exact) mass is 566 g/mol. The molecule has 0 bridgehead atoms. The largest absolute Gasteiger partial charge is 0.493 e. The second kappa shape index (κ2) is 9.79. The summed E-state index contributed by atoms with van der Waals surface area (Å²) in [5.41, 5.74) is 2.70. The molecule has 0 radical (unpaired) electrons. The minimum Gasteiger partial charge on any atom is -0.493 e. The maximum Gasteiger partial charge on any atom is 0.307 e. The number of carbonyl (C=O) groups is 2. The van der Waals surface area contributed by atoms with Crippen LogP contribution in [0.3, 0.4) is 0 Å². The van der Waals surface area contributed by atoms with Gasteiger partial charge in [0, 0.05) is 24.5 Å². The molecule has 0 saturated heterocycles. The van der Waals surface area contributed by atoms with Crippen molar-refractivity contribution in [1.82, 2.24) is 4.31 Å². The van der Waals surface area contributed by atoms with Crippen molar-refractivity contribution >= 4 is 43.5 Å². The molecule has 0 spiro atoms. The number of anilines is 1. The average Bonchev–Trinajstić information content (AvgIpc) is 3.26. The number of nitrogens with zero attached hydrogens (tertiary/aromatic N) is 2. The Morgan fingerprint density at radius 2 is 1.66 bits per heavy atom. The van der Waals surface area contributed by atoms with Crippen molar-refractivity contribution < 1.29 is 32.2 Å². The Hall–Kier alpha value is -2.63. The van der Waals surface area contributed by atoms with Crippen LogP contribution in [0.15, 0.2) is 33.6 Å². The molecule has 0 N–H and O–H groups in total. The van der Waals surface area contributed by atoms with Crippen LogP contribution in [0, 0.1) is 0 Å². The molecule has 2 aliphatic rings. The molecule has 0 fully saturated rings. The molecule has 1 amide bonds. The number of benzene rings is 2. The van der Waals surface area contributed by atoms with Gasteiger partial charge in [-0.3, -0.25) is 9.59 Å². The normalized spacial score (nSPS) is 17.5. The highest BCUT2D eigenvalue weighted by Gasteiger charge is 2.41. The predicted molar refractivity (Wildman–Crippen MR) is 132 cm³/mol. The summed E-state index contributed by atoms with van der Waals surface area (Å²) in [5, 5.41) is 0. The third kappa shape index (κ3) is 4.52. The highest BCUT2D eigenvalue weighted by Crippen LogP contribution is 2.45. The number of esters is 1. The van der Waals surface area contributed by atoms with E-state index in [0.29, 0.717) is 46.6 Å². The van der Waals surface area contributed by atoms with E-state index < -0.39 is 22.0 Å². The summed E-state index contributed by atoms with van der Waals surface area (Å²) in [7, 11) is 0.172. The van der Waals surface area contributed by atoms with E-state index in [9.17, 15) is 18.0 Å². The number of carbonyl (C=O) groups excluding carboxylic acids is 2. The van der Waals surface area contributed by atoms with Gasteiger partial charge in [0.1, 0.15) is 4.90 Å². The lowest BCUT2D eigenvalue weighted by Crippen LogP contribution is -2.41. The molecule has 0 aromatic heterocycles. The number of hydrogen-bond donors (Lipinski definition) is 0. The molecule has 1 atom stereocenters.